The maximum Gasteiger partial charge on any atom is 0.336 e. The zero-order chi connectivity index (χ0) is 22.4. The molecule has 1 unspecified atom stereocenters. The number of aryl methyl sites for hydroxylation is 1. The first kappa shape index (κ1) is 20.3. The molecule has 0 radical (unpaired) electrons. The van der Waals surface area contributed by atoms with Gasteiger partial charge in [-0.15, -0.1) is 0 Å². The van der Waals surface area contributed by atoms with Crippen LogP contribution in [0.2, 0.25) is 5.02 Å². The van der Waals surface area contributed by atoms with Crippen LogP contribution in [0.25, 0.3) is 11.1 Å². The molecule has 2 aliphatic rings. The summed E-state index contributed by atoms with van der Waals surface area (Å²) in [5, 5.41) is 16.4. The summed E-state index contributed by atoms with van der Waals surface area (Å²) in [6.45, 7) is 3.26. The molecule has 0 aliphatic carbocycles. The van der Waals surface area contributed by atoms with Crippen LogP contribution in [0.1, 0.15) is 15.9 Å². The lowest BCUT2D eigenvalue weighted by molar-refractivity contribution is 0.0695. The van der Waals surface area contributed by atoms with Gasteiger partial charge in [-0.1, -0.05) is 23.7 Å². The number of hydrogen-bond acceptors (Lipinski definition) is 6. The molecule has 3 aromatic carbocycles. The Kier molecular flexibility index (Phi) is 4.98. The van der Waals surface area contributed by atoms with E-state index in [2.05, 4.69) is 15.5 Å². The van der Waals surface area contributed by atoms with Crippen molar-refractivity contribution in [2.75, 3.05) is 35.7 Å². The first-order valence-electron chi connectivity index (χ1n) is 10.2. The molecule has 0 amide bonds. The quantitative estimate of drug-likeness (QED) is 0.512. The number of carboxylic acid groups (broad SMARTS) is 1. The van der Waals surface area contributed by atoms with Crippen molar-refractivity contribution in [3.05, 3.63) is 64.7 Å². The molecule has 0 saturated heterocycles. The largest absolute Gasteiger partial charge is 0.490 e. The highest BCUT2D eigenvalue weighted by Gasteiger charge is 2.24. The van der Waals surface area contributed by atoms with Gasteiger partial charge in [0, 0.05) is 12.6 Å². The van der Waals surface area contributed by atoms with E-state index in [9.17, 15) is 9.90 Å². The number of aromatic carboxylic acids is 1. The van der Waals surface area contributed by atoms with Crippen LogP contribution < -0.4 is 25.0 Å². The smallest absolute Gasteiger partial charge is 0.336 e. The van der Waals surface area contributed by atoms with Gasteiger partial charge in [-0.25, -0.2) is 4.79 Å². The van der Waals surface area contributed by atoms with E-state index >= 15 is 0 Å². The molecule has 3 aromatic rings. The lowest BCUT2D eigenvalue weighted by Gasteiger charge is -2.28. The van der Waals surface area contributed by atoms with Gasteiger partial charge in [0.05, 0.1) is 34.2 Å². The molecular weight excluding hydrogens is 430 g/mol. The maximum absolute atomic E-state index is 11.4. The van der Waals surface area contributed by atoms with E-state index in [0.717, 1.165) is 40.5 Å². The predicted molar refractivity (Wildman–Crippen MR) is 125 cm³/mol. The van der Waals surface area contributed by atoms with Gasteiger partial charge >= 0.3 is 5.97 Å². The van der Waals surface area contributed by atoms with Crippen LogP contribution in [-0.2, 0) is 0 Å². The zero-order valence-electron chi connectivity index (χ0n) is 17.6. The van der Waals surface area contributed by atoms with Crippen molar-refractivity contribution < 1.29 is 19.4 Å². The Morgan fingerprint density at radius 1 is 1.16 bits per heavy atom. The summed E-state index contributed by atoms with van der Waals surface area (Å²) in [4.78, 5) is 13.6. The van der Waals surface area contributed by atoms with E-state index < -0.39 is 12.3 Å². The monoisotopic (exact) mass is 451 g/mol. The third-order valence-corrected chi connectivity index (χ3v) is 6.05. The highest BCUT2D eigenvalue weighted by atomic mass is 35.5. The molecule has 2 aliphatic heterocycles. The summed E-state index contributed by atoms with van der Waals surface area (Å²) in [5.74, 6) is 0.307. The standard InChI is InChI=1S/C24H22ClN3O4/c1-13-3-5-15(10-16(13)23(29)30)32-24-26-19-11-17(18(25)12-20(19)27-24)14-4-6-21-22(9-14)31-8-7-28(21)2/h3-6,9-12,24,26-27H,7-8H2,1-2H3,(H,29,30). The Morgan fingerprint density at radius 3 is 2.72 bits per heavy atom. The van der Waals surface area contributed by atoms with Crippen molar-refractivity contribution in [3.8, 4) is 22.6 Å². The average molecular weight is 452 g/mol. The normalized spacial score (nSPS) is 16.3. The van der Waals surface area contributed by atoms with Crippen LogP contribution in [0.3, 0.4) is 0 Å². The van der Waals surface area contributed by atoms with Crippen molar-refractivity contribution in [2.24, 2.45) is 0 Å². The fourth-order valence-electron chi connectivity index (χ4n) is 3.98. The SMILES string of the molecule is Cc1ccc(OC2Nc3cc(Cl)c(-c4ccc5c(c4)OCCN5C)cc3N2)cc1C(=O)O. The van der Waals surface area contributed by atoms with Crippen LogP contribution >= 0.6 is 11.6 Å². The summed E-state index contributed by atoms with van der Waals surface area (Å²) in [6, 6.07) is 14.9. The third-order valence-electron chi connectivity index (χ3n) is 5.74. The average Bonchev–Trinajstić information content (AvgIpc) is 3.15. The molecular formula is C24H22ClN3O4. The minimum absolute atomic E-state index is 0.212. The number of carbonyl (C=O) groups is 1. The number of rotatable bonds is 4. The molecule has 0 bridgehead atoms. The number of nitrogens with one attached hydrogen (secondary N) is 2. The summed E-state index contributed by atoms with van der Waals surface area (Å²) in [6.07, 6.45) is -0.554. The lowest BCUT2D eigenvalue weighted by atomic mass is 10.0. The van der Waals surface area contributed by atoms with Gasteiger partial charge in [0.15, 0.2) is 0 Å². The Labute approximate surface area is 190 Å². The molecule has 3 N–H and O–H groups in total. The van der Waals surface area contributed by atoms with Gasteiger partial charge in [-0.2, -0.15) is 0 Å². The molecule has 164 valence electrons. The number of halogens is 1. The Balaban J connectivity index is 1.39. The maximum atomic E-state index is 11.4. The summed E-state index contributed by atoms with van der Waals surface area (Å²) in [7, 11) is 2.05. The number of nitrogens with zero attached hydrogens (tertiary/aromatic N) is 1. The van der Waals surface area contributed by atoms with Gasteiger partial charge < -0.3 is 30.1 Å². The highest BCUT2D eigenvalue weighted by molar-refractivity contribution is 6.34. The van der Waals surface area contributed by atoms with E-state index in [1.165, 1.54) is 6.07 Å². The number of anilines is 3. The van der Waals surface area contributed by atoms with E-state index in [4.69, 9.17) is 21.1 Å². The molecule has 8 heteroatoms. The van der Waals surface area contributed by atoms with Crippen LogP contribution in [-0.4, -0.2) is 37.6 Å². The van der Waals surface area contributed by atoms with Crippen LogP contribution in [0, 0.1) is 6.92 Å². The number of carboxylic acids is 1. The summed E-state index contributed by atoms with van der Waals surface area (Å²) in [5.41, 5.74) is 5.44. The summed E-state index contributed by atoms with van der Waals surface area (Å²) >= 11 is 6.61. The topological polar surface area (TPSA) is 83.1 Å². The van der Waals surface area contributed by atoms with Crippen LogP contribution in [0.4, 0.5) is 17.1 Å². The van der Waals surface area contributed by atoms with Crippen molar-refractivity contribution in [1.29, 1.82) is 0 Å². The van der Waals surface area contributed by atoms with E-state index in [-0.39, 0.29) is 5.56 Å². The molecule has 0 fully saturated rings. The van der Waals surface area contributed by atoms with Gasteiger partial charge in [0.25, 0.3) is 0 Å². The molecule has 7 nitrogen and oxygen atoms in total. The van der Waals surface area contributed by atoms with Gasteiger partial charge in [0.2, 0.25) is 6.35 Å². The van der Waals surface area contributed by atoms with Gasteiger partial charge in [-0.05, 0) is 54.4 Å². The summed E-state index contributed by atoms with van der Waals surface area (Å²) < 4.78 is 11.8. The van der Waals surface area contributed by atoms with Crippen molar-refractivity contribution in [1.82, 2.24) is 0 Å². The Hall–Kier alpha value is -3.58. The van der Waals surface area contributed by atoms with Crippen molar-refractivity contribution in [2.45, 2.75) is 13.3 Å². The molecule has 0 aromatic heterocycles. The zero-order valence-corrected chi connectivity index (χ0v) is 18.4. The molecule has 32 heavy (non-hydrogen) atoms. The number of hydrogen-bond donors (Lipinski definition) is 3. The molecule has 5 rings (SSSR count). The van der Waals surface area contributed by atoms with Crippen molar-refractivity contribution >= 4 is 34.6 Å². The molecule has 0 spiro atoms. The first-order chi connectivity index (χ1) is 15.4. The van der Waals surface area contributed by atoms with Crippen molar-refractivity contribution in [3.63, 3.8) is 0 Å². The van der Waals surface area contributed by atoms with Crippen LogP contribution in [0.5, 0.6) is 11.5 Å². The molecule has 0 saturated carbocycles. The first-order valence-corrected chi connectivity index (χ1v) is 10.6. The predicted octanol–water partition coefficient (Wildman–Crippen LogP) is 5.04. The minimum atomic E-state index is -0.986. The van der Waals surface area contributed by atoms with Crippen LogP contribution in [0.15, 0.2) is 48.5 Å². The second kappa shape index (κ2) is 7.84. The second-order valence-corrected chi connectivity index (χ2v) is 8.31. The Bertz CT molecular complexity index is 1230. The van der Waals surface area contributed by atoms with Gasteiger partial charge in [0.1, 0.15) is 18.1 Å². The minimum Gasteiger partial charge on any atom is -0.490 e. The number of benzene rings is 3. The molecule has 1 atom stereocenters. The number of ether oxygens (including phenoxy) is 2. The lowest BCUT2D eigenvalue weighted by Crippen LogP contribution is -2.29. The number of fused-ring (bicyclic) bond motifs is 2. The fourth-order valence-corrected chi connectivity index (χ4v) is 4.25. The van der Waals surface area contributed by atoms with E-state index in [1.54, 1.807) is 19.1 Å². The fraction of sp³-hybridized carbons (Fsp3) is 0.208. The number of likely N-dealkylation sites (N-methyl/N-ethyl adjacent to an activating group) is 1. The van der Waals surface area contributed by atoms with E-state index in [1.807, 2.05) is 37.4 Å². The highest BCUT2D eigenvalue weighted by Crippen LogP contribution is 2.42. The van der Waals surface area contributed by atoms with Gasteiger partial charge in [-0.3, -0.25) is 0 Å². The molecule has 2 heterocycles. The van der Waals surface area contributed by atoms with E-state index in [0.29, 0.717) is 22.9 Å². The second-order valence-electron chi connectivity index (χ2n) is 7.90. The Morgan fingerprint density at radius 2 is 1.94 bits per heavy atom. The third kappa shape index (κ3) is 3.65.